The molecule has 3 nitrogen and oxygen atoms in total. The van der Waals surface area contributed by atoms with E-state index in [2.05, 4.69) is 16.0 Å². The van der Waals surface area contributed by atoms with Gasteiger partial charge in [-0.15, -0.1) is 11.8 Å². The molecule has 1 heterocycles. The zero-order valence-corrected chi connectivity index (χ0v) is 10.4. The molecule has 0 saturated heterocycles. The summed E-state index contributed by atoms with van der Waals surface area (Å²) in [6.07, 6.45) is 5.09. The summed E-state index contributed by atoms with van der Waals surface area (Å²) in [6, 6.07) is 8.54. The van der Waals surface area contributed by atoms with Gasteiger partial charge in [-0.1, -0.05) is 18.2 Å². The van der Waals surface area contributed by atoms with Gasteiger partial charge in [-0.05, 0) is 25.3 Å². The molecule has 17 heavy (non-hydrogen) atoms. The molecule has 0 amide bonds. The number of thioether (sulfide) groups is 1. The monoisotopic (exact) mass is 245 g/mol. The van der Waals surface area contributed by atoms with Crippen molar-refractivity contribution in [3.8, 4) is 0 Å². The highest BCUT2D eigenvalue weighted by Gasteiger charge is 2.23. The van der Waals surface area contributed by atoms with Crippen molar-refractivity contribution in [2.75, 3.05) is 0 Å². The van der Waals surface area contributed by atoms with Gasteiger partial charge in [0.25, 0.3) is 0 Å². The average Bonchev–Trinajstić information content (AvgIpc) is 2.75. The lowest BCUT2D eigenvalue weighted by Crippen LogP contribution is -2.15. The quantitative estimate of drug-likeness (QED) is 0.826. The number of hydrogen-bond donors (Lipinski definition) is 1. The molecule has 2 atom stereocenters. The normalized spacial score (nSPS) is 24.3. The van der Waals surface area contributed by atoms with E-state index in [1.807, 2.05) is 30.0 Å². The molecule has 0 spiro atoms. The largest absolute Gasteiger partial charge is 0.328 e. The number of hydrogen-bond acceptors (Lipinski definition) is 4. The molecule has 4 heteroatoms. The van der Waals surface area contributed by atoms with Crippen LogP contribution in [0.2, 0.25) is 0 Å². The van der Waals surface area contributed by atoms with Gasteiger partial charge in [-0.3, -0.25) is 0 Å². The summed E-state index contributed by atoms with van der Waals surface area (Å²) in [7, 11) is 0. The van der Waals surface area contributed by atoms with Crippen molar-refractivity contribution in [3.63, 3.8) is 0 Å². The first kappa shape index (κ1) is 11.0. The van der Waals surface area contributed by atoms with E-state index in [-0.39, 0.29) is 0 Å². The van der Waals surface area contributed by atoms with Crippen LogP contribution in [-0.4, -0.2) is 21.3 Å². The highest BCUT2D eigenvalue weighted by molar-refractivity contribution is 8.00. The molecule has 2 unspecified atom stereocenters. The number of para-hydroxylation sites is 1. The van der Waals surface area contributed by atoms with Crippen molar-refractivity contribution in [2.24, 2.45) is 5.73 Å². The molecule has 1 aliphatic carbocycles. The Morgan fingerprint density at radius 2 is 2.06 bits per heavy atom. The van der Waals surface area contributed by atoms with Crippen LogP contribution >= 0.6 is 11.8 Å². The van der Waals surface area contributed by atoms with Crippen molar-refractivity contribution in [3.05, 3.63) is 30.6 Å². The molecule has 1 fully saturated rings. The van der Waals surface area contributed by atoms with Crippen molar-refractivity contribution >= 4 is 22.7 Å². The van der Waals surface area contributed by atoms with Crippen LogP contribution in [0.25, 0.3) is 10.9 Å². The van der Waals surface area contributed by atoms with E-state index in [1.165, 1.54) is 6.42 Å². The Hall–Kier alpha value is -1.13. The van der Waals surface area contributed by atoms with E-state index in [1.54, 1.807) is 6.33 Å². The minimum absolute atomic E-state index is 0.376. The van der Waals surface area contributed by atoms with E-state index in [4.69, 9.17) is 5.73 Å². The fourth-order valence-corrected chi connectivity index (χ4v) is 3.63. The van der Waals surface area contributed by atoms with Crippen molar-refractivity contribution in [1.82, 2.24) is 9.97 Å². The first-order valence-electron chi connectivity index (χ1n) is 5.95. The summed E-state index contributed by atoms with van der Waals surface area (Å²) in [5.41, 5.74) is 6.97. The number of benzene rings is 1. The predicted octanol–water partition coefficient (Wildman–Crippen LogP) is 2.60. The van der Waals surface area contributed by atoms with Crippen LogP contribution in [-0.2, 0) is 0 Å². The Morgan fingerprint density at radius 3 is 2.88 bits per heavy atom. The SMILES string of the molecule is NC1CCC(Sc2ncnc3ccccc23)C1. The number of aromatic nitrogens is 2. The molecule has 1 saturated carbocycles. The molecule has 2 N–H and O–H groups in total. The van der Waals surface area contributed by atoms with Gasteiger partial charge in [0.2, 0.25) is 0 Å². The topological polar surface area (TPSA) is 51.8 Å². The Balaban J connectivity index is 1.90. The van der Waals surface area contributed by atoms with Gasteiger partial charge in [0.1, 0.15) is 11.4 Å². The van der Waals surface area contributed by atoms with Gasteiger partial charge in [0, 0.05) is 16.7 Å². The molecule has 0 bridgehead atoms. The zero-order valence-electron chi connectivity index (χ0n) is 9.54. The Labute approximate surface area is 105 Å². The molecule has 1 aliphatic rings. The molecule has 88 valence electrons. The first-order chi connectivity index (χ1) is 8.33. The summed E-state index contributed by atoms with van der Waals surface area (Å²) >= 11 is 1.85. The highest BCUT2D eigenvalue weighted by Crippen LogP contribution is 2.35. The van der Waals surface area contributed by atoms with E-state index >= 15 is 0 Å². The third-order valence-corrected chi connectivity index (χ3v) is 4.52. The van der Waals surface area contributed by atoms with Crippen LogP contribution in [0.1, 0.15) is 19.3 Å². The number of fused-ring (bicyclic) bond motifs is 1. The summed E-state index contributed by atoms with van der Waals surface area (Å²) < 4.78 is 0. The molecule has 0 aliphatic heterocycles. The van der Waals surface area contributed by atoms with Gasteiger partial charge < -0.3 is 5.73 Å². The number of nitrogens with two attached hydrogens (primary N) is 1. The number of rotatable bonds is 2. The zero-order chi connectivity index (χ0) is 11.7. The smallest absolute Gasteiger partial charge is 0.117 e. The fraction of sp³-hybridized carbons (Fsp3) is 0.385. The maximum atomic E-state index is 5.95. The van der Waals surface area contributed by atoms with E-state index in [9.17, 15) is 0 Å². The van der Waals surface area contributed by atoms with Gasteiger partial charge in [-0.25, -0.2) is 9.97 Å². The Morgan fingerprint density at radius 1 is 1.18 bits per heavy atom. The summed E-state index contributed by atoms with van der Waals surface area (Å²) in [5, 5.41) is 2.86. The molecule has 3 rings (SSSR count). The van der Waals surface area contributed by atoms with Crippen molar-refractivity contribution in [2.45, 2.75) is 35.6 Å². The van der Waals surface area contributed by atoms with Gasteiger partial charge >= 0.3 is 0 Å². The third kappa shape index (κ3) is 2.28. The van der Waals surface area contributed by atoms with Crippen LogP contribution in [0.5, 0.6) is 0 Å². The lowest BCUT2D eigenvalue weighted by atomic mass is 10.2. The standard InChI is InChI=1S/C13H15N3S/c14-9-5-6-10(7-9)17-13-11-3-1-2-4-12(11)15-8-16-13/h1-4,8-10H,5-7,14H2. The van der Waals surface area contributed by atoms with Crippen molar-refractivity contribution < 1.29 is 0 Å². The van der Waals surface area contributed by atoms with Crippen LogP contribution in [0, 0.1) is 0 Å². The van der Waals surface area contributed by atoms with Crippen LogP contribution in [0.4, 0.5) is 0 Å². The summed E-state index contributed by atoms with van der Waals surface area (Å²) in [4.78, 5) is 8.69. The fourth-order valence-electron chi connectivity index (χ4n) is 2.31. The second-order valence-electron chi connectivity index (χ2n) is 4.51. The minimum Gasteiger partial charge on any atom is -0.328 e. The Kier molecular flexibility index (Phi) is 2.99. The molecule has 2 aromatic rings. The lowest BCUT2D eigenvalue weighted by Gasteiger charge is -2.09. The molecule has 1 aromatic heterocycles. The van der Waals surface area contributed by atoms with E-state index in [0.717, 1.165) is 28.8 Å². The van der Waals surface area contributed by atoms with Crippen LogP contribution in [0.15, 0.2) is 35.6 Å². The summed E-state index contributed by atoms with van der Waals surface area (Å²) in [6.45, 7) is 0. The minimum atomic E-state index is 0.376. The van der Waals surface area contributed by atoms with E-state index < -0.39 is 0 Å². The predicted molar refractivity (Wildman–Crippen MR) is 71.0 cm³/mol. The summed E-state index contributed by atoms with van der Waals surface area (Å²) in [5.74, 6) is 0. The maximum Gasteiger partial charge on any atom is 0.117 e. The van der Waals surface area contributed by atoms with E-state index in [0.29, 0.717) is 11.3 Å². The lowest BCUT2D eigenvalue weighted by molar-refractivity contribution is 0.705. The van der Waals surface area contributed by atoms with Gasteiger partial charge in [-0.2, -0.15) is 0 Å². The molecular weight excluding hydrogens is 230 g/mol. The number of nitrogens with zero attached hydrogens (tertiary/aromatic N) is 2. The average molecular weight is 245 g/mol. The Bertz CT molecular complexity index is 524. The molecular formula is C13H15N3S. The molecule has 1 aromatic carbocycles. The van der Waals surface area contributed by atoms with Gasteiger partial charge in [0.15, 0.2) is 0 Å². The van der Waals surface area contributed by atoms with Crippen LogP contribution < -0.4 is 5.73 Å². The second-order valence-corrected chi connectivity index (χ2v) is 5.80. The maximum absolute atomic E-state index is 5.95. The third-order valence-electron chi connectivity index (χ3n) is 3.21. The van der Waals surface area contributed by atoms with Crippen molar-refractivity contribution in [1.29, 1.82) is 0 Å². The second kappa shape index (κ2) is 4.63. The highest BCUT2D eigenvalue weighted by atomic mass is 32.2. The molecule has 0 radical (unpaired) electrons. The first-order valence-corrected chi connectivity index (χ1v) is 6.83. The van der Waals surface area contributed by atoms with Gasteiger partial charge in [0.05, 0.1) is 5.52 Å². The van der Waals surface area contributed by atoms with Crippen LogP contribution in [0.3, 0.4) is 0 Å².